The number of hydrazone groups is 1. The Morgan fingerprint density at radius 2 is 1.73 bits per heavy atom. The number of carbonyl (C=O) groups excluding carboxylic acids is 2. The Morgan fingerprint density at radius 1 is 1.02 bits per heavy atom. The van der Waals surface area contributed by atoms with Crippen LogP contribution in [0.1, 0.15) is 57.1 Å². The standard InChI is InChI=1S/C30H40N4O6S/c1-21-10-13-26(14-11-21)41(37,38)33-16-6-9-25(19-33)30(36)32-31-18-24-12-15-27(28(17-24)39-4)40-20-29(35)34-22(2)7-5-8-23(34)3/h10-15,17-18,22-23,25H,5-9,16,19-20H2,1-4H3,(H,32,36)/b31-18-/t22-,23-,25+/m0/s1. The van der Waals surface area contributed by atoms with Gasteiger partial charge in [-0.15, -0.1) is 0 Å². The molecule has 2 heterocycles. The Bertz CT molecular complexity index is 1350. The molecule has 2 aliphatic rings. The molecule has 0 saturated carbocycles. The highest BCUT2D eigenvalue weighted by Crippen LogP contribution is 2.29. The third kappa shape index (κ3) is 7.45. The highest BCUT2D eigenvalue weighted by molar-refractivity contribution is 7.89. The number of amides is 2. The van der Waals surface area contributed by atoms with E-state index in [0.29, 0.717) is 36.4 Å². The lowest BCUT2D eigenvalue weighted by Crippen LogP contribution is -2.49. The summed E-state index contributed by atoms with van der Waals surface area (Å²) in [5.74, 6) is -0.00694. The van der Waals surface area contributed by atoms with Gasteiger partial charge in [-0.3, -0.25) is 9.59 Å². The molecule has 0 spiro atoms. The van der Waals surface area contributed by atoms with E-state index < -0.39 is 15.9 Å². The topological polar surface area (TPSA) is 118 Å². The molecule has 11 heteroatoms. The largest absolute Gasteiger partial charge is 0.493 e. The molecule has 41 heavy (non-hydrogen) atoms. The number of methoxy groups -OCH3 is 1. The molecule has 222 valence electrons. The van der Waals surface area contributed by atoms with Gasteiger partial charge in [0, 0.05) is 25.2 Å². The molecule has 2 aromatic carbocycles. The first kappa shape index (κ1) is 30.5. The SMILES string of the molecule is COc1cc(/C=N\NC(=O)[C@@H]2CCCN(S(=O)(=O)c3ccc(C)cc3)C2)ccc1OCC(=O)N1[C@@H](C)CCC[C@@H]1C. The molecule has 3 atom stereocenters. The summed E-state index contributed by atoms with van der Waals surface area (Å²) in [6, 6.07) is 12.3. The molecule has 2 fully saturated rings. The molecule has 0 unspecified atom stereocenters. The first-order valence-electron chi connectivity index (χ1n) is 14.1. The molecule has 2 amide bonds. The highest BCUT2D eigenvalue weighted by Gasteiger charge is 2.33. The molecule has 0 radical (unpaired) electrons. The minimum atomic E-state index is -3.68. The second-order valence-electron chi connectivity index (χ2n) is 10.9. The van der Waals surface area contributed by atoms with Crippen molar-refractivity contribution in [2.24, 2.45) is 11.0 Å². The zero-order chi connectivity index (χ0) is 29.6. The van der Waals surface area contributed by atoms with Gasteiger partial charge in [0.2, 0.25) is 15.9 Å². The van der Waals surface area contributed by atoms with Gasteiger partial charge in [-0.25, -0.2) is 13.8 Å². The molecule has 2 saturated heterocycles. The maximum atomic E-state index is 13.1. The van der Waals surface area contributed by atoms with Crippen molar-refractivity contribution in [2.45, 2.75) is 69.9 Å². The van der Waals surface area contributed by atoms with Gasteiger partial charge in [0.25, 0.3) is 5.91 Å². The van der Waals surface area contributed by atoms with Crippen LogP contribution in [0.15, 0.2) is 52.5 Å². The maximum Gasteiger partial charge on any atom is 0.260 e. The van der Waals surface area contributed by atoms with Gasteiger partial charge in [0.05, 0.1) is 24.1 Å². The minimum Gasteiger partial charge on any atom is -0.493 e. The van der Waals surface area contributed by atoms with E-state index in [9.17, 15) is 18.0 Å². The number of carbonyl (C=O) groups is 2. The second kappa shape index (κ2) is 13.5. The number of aryl methyl sites for hydroxylation is 1. The quantitative estimate of drug-likeness (QED) is 0.355. The molecule has 2 aromatic rings. The summed E-state index contributed by atoms with van der Waals surface area (Å²) >= 11 is 0. The van der Waals surface area contributed by atoms with Gasteiger partial charge in [-0.2, -0.15) is 9.41 Å². The van der Waals surface area contributed by atoms with Crippen molar-refractivity contribution >= 4 is 28.1 Å². The molecular weight excluding hydrogens is 544 g/mol. The minimum absolute atomic E-state index is 0.0481. The van der Waals surface area contributed by atoms with Crippen LogP contribution >= 0.6 is 0 Å². The molecular formula is C30H40N4O6S. The smallest absolute Gasteiger partial charge is 0.260 e. The Labute approximate surface area is 242 Å². The van der Waals surface area contributed by atoms with E-state index in [2.05, 4.69) is 24.4 Å². The fraction of sp³-hybridized carbons (Fsp3) is 0.500. The number of piperidine rings is 2. The first-order valence-corrected chi connectivity index (χ1v) is 15.6. The van der Waals surface area contributed by atoms with Gasteiger partial charge < -0.3 is 14.4 Å². The van der Waals surface area contributed by atoms with Crippen LogP contribution in [-0.2, 0) is 19.6 Å². The molecule has 2 aliphatic heterocycles. The monoisotopic (exact) mass is 584 g/mol. The predicted octanol–water partition coefficient (Wildman–Crippen LogP) is 3.72. The molecule has 4 rings (SSSR count). The van der Waals surface area contributed by atoms with Crippen LogP contribution in [0.25, 0.3) is 0 Å². The average molecular weight is 585 g/mol. The van der Waals surface area contributed by atoms with Crippen molar-refractivity contribution in [3.05, 3.63) is 53.6 Å². The number of nitrogens with zero attached hydrogens (tertiary/aromatic N) is 3. The Hall–Kier alpha value is -3.44. The molecule has 0 aromatic heterocycles. The van der Waals surface area contributed by atoms with Gasteiger partial charge in [0.1, 0.15) is 0 Å². The average Bonchev–Trinajstić information content (AvgIpc) is 2.96. The van der Waals surface area contributed by atoms with Crippen LogP contribution in [0, 0.1) is 12.8 Å². The van der Waals surface area contributed by atoms with E-state index >= 15 is 0 Å². The maximum absolute atomic E-state index is 13.1. The van der Waals surface area contributed by atoms with E-state index in [1.165, 1.54) is 17.6 Å². The summed E-state index contributed by atoms with van der Waals surface area (Å²) in [5, 5.41) is 4.08. The number of likely N-dealkylation sites (tertiary alicyclic amines) is 1. The normalized spacial score (nSPS) is 22.0. The van der Waals surface area contributed by atoms with E-state index in [1.807, 2.05) is 11.8 Å². The molecule has 1 N–H and O–H groups in total. The van der Waals surface area contributed by atoms with Crippen LogP contribution < -0.4 is 14.9 Å². The summed E-state index contributed by atoms with van der Waals surface area (Å²) in [7, 11) is -2.16. The van der Waals surface area contributed by atoms with Crippen LogP contribution in [0.4, 0.5) is 0 Å². The van der Waals surface area contributed by atoms with Crippen LogP contribution in [-0.4, -0.2) is 74.5 Å². The van der Waals surface area contributed by atoms with E-state index in [-0.39, 0.29) is 41.9 Å². The van der Waals surface area contributed by atoms with Crippen molar-refractivity contribution in [1.82, 2.24) is 14.6 Å². The fourth-order valence-electron chi connectivity index (χ4n) is 5.51. The van der Waals surface area contributed by atoms with E-state index in [1.54, 1.807) is 42.5 Å². The summed E-state index contributed by atoms with van der Waals surface area (Å²) in [6.45, 7) is 6.44. The number of hydrogen-bond acceptors (Lipinski definition) is 7. The van der Waals surface area contributed by atoms with Crippen molar-refractivity contribution in [2.75, 3.05) is 26.8 Å². The number of nitrogens with one attached hydrogen (secondary N) is 1. The summed E-state index contributed by atoms with van der Waals surface area (Å²) in [4.78, 5) is 27.8. The third-order valence-electron chi connectivity index (χ3n) is 7.82. The number of ether oxygens (including phenoxy) is 2. The van der Waals surface area contributed by atoms with Gasteiger partial charge >= 0.3 is 0 Å². The van der Waals surface area contributed by atoms with Crippen molar-refractivity contribution in [3.8, 4) is 11.5 Å². The summed E-state index contributed by atoms with van der Waals surface area (Å²) in [5.41, 5.74) is 4.18. The van der Waals surface area contributed by atoms with Gasteiger partial charge in [-0.1, -0.05) is 17.7 Å². The number of sulfonamides is 1. The lowest BCUT2D eigenvalue weighted by Gasteiger charge is -2.39. The third-order valence-corrected chi connectivity index (χ3v) is 9.70. The lowest BCUT2D eigenvalue weighted by molar-refractivity contribution is -0.139. The van der Waals surface area contributed by atoms with E-state index in [4.69, 9.17) is 9.47 Å². The van der Waals surface area contributed by atoms with Crippen molar-refractivity contribution in [3.63, 3.8) is 0 Å². The summed E-state index contributed by atoms with van der Waals surface area (Å²) < 4.78 is 38.8. The van der Waals surface area contributed by atoms with Gasteiger partial charge in [-0.05, 0) is 88.8 Å². The molecule has 10 nitrogen and oxygen atoms in total. The summed E-state index contributed by atoms with van der Waals surface area (Å²) in [6.07, 6.45) is 5.76. The molecule has 0 bridgehead atoms. The highest BCUT2D eigenvalue weighted by atomic mass is 32.2. The zero-order valence-electron chi connectivity index (χ0n) is 24.2. The van der Waals surface area contributed by atoms with Crippen LogP contribution in [0.3, 0.4) is 0 Å². The van der Waals surface area contributed by atoms with Crippen LogP contribution in [0.5, 0.6) is 11.5 Å². The van der Waals surface area contributed by atoms with Crippen LogP contribution in [0.2, 0.25) is 0 Å². The predicted molar refractivity (Wildman–Crippen MR) is 157 cm³/mol. The number of rotatable bonds is 9. The fourth-order valence-corrected chi connectivity index (χ4v) is 7.03. The van der Waals surface area contributed by atoms with Crippen molar-refractivity contribution < 1.29 is 27.5 Å². The van der Waals surface area contributed by atoms with E-state index in [0.717, 1.165) is 24.8 Å². The number of hydrogen-bond donors (Lipinski definition) is 1. The Morgan fingerprint density at radius 3 is 2.41 bits per heavy atom. The molecule has 0 aliphatic carbocycles. The Balaban J connectivity index is 1.32. The number of benzene rings is 2. The Kier molecular flexibility index (Phi) is 10.0. The van der Waals surface area contributed by atoms with Gasteiger partial charge in [0.15, 0.2) is 18.1 Å². The zero-order valence-corrected chi connectivity index (χ0v) is 25.0. The van der Waals surface area contributed by atoms with Crippen molar-refractivity contribution in [1.29, 1.82) is 0 Å². The second-order valence-corrected chi connectivity index (χ2v) is 12.8. The first-order chi connectivity index (χ1) is 19.6. The lowest BCUT2D eigenvalue weighted by atomic mass is 9.97.